The molecule has 176 valence electrons. The van der Waals surface area contributed by atoms with Gasteiger partial charge in [0.2, 0.25) is 0 Å². The van der Waals surface area contributed by atoms with Crippen LogP contribution in [-0.4, -0.2) is 24.3 Å². The number of carbonyl (C=O) groups is 2. The molecule has 3 aromatic rings. The molecule has 3 aromatic carbocycles. The van der Waals surface area contributed by atoms with E-state index in [0.717, 1.165) is 22.3 Å². The maximum Gasteiger partial charge on any atom is 0.411 e. The van der Waals surface area contributed by atoms with Gasteiger partial charge in [-0.05, 0) is 61.1 Å². The van der Waals surface area contributed by atoms with Gasteiger partial charge in [0.25, 0.3) is 0 Å². The van der Waals surface area contributed by atoms with Crippen molar-refractivity contribution in [2.75, 3.05) is 11.9 Å². The Morgan fingerprint density at radius 3 is 2.15 bits per heavy atom. The van der Waals surface area contributed by atoms with Crippen LogP contribution in [0.1, 0.15) is 49.8 Å². The summed E-state index contributed by atoms with van der Waals surface area (Å²) in [6.07, 6.45) is -0.448. The highest BCUT2D eigenvalue weighted by atomic mass is 19.1. The molecule has 0 aromatic heterocycles. The van der Waals surface area contributed by atoms with Crippen LogP contribution in [0.15, 0.2) is 66.7 Å². The number of halogens is 1. The van der Waals surface area contributed by atoms with Gasteiger partial charge in [0, 0.05) is 12.3 Å². The quantitative estimate of drug-likeness (QED) is 0.428. The number of fused-ring (bicyclic) bond motifs is 3. The van der Waals surface area contributed by atoms with Gasteiger partial charge in [0.1, 0.15) is 18.0 Å². The normalized spacial score (nSPS) is 12.6. The zero-order valence-corrected chi connectivity index (χ0v) is 19.6. The third-order valence-electron chi connectivity index (χ3n) is 5.69. The fraction of sp³-hybridized carbons (Fsp3) is 0.286. The Morgan fingerprint density at radius 1 is 0.912 bits per heavy atom. The van der Waals surface area contributed by atoms with Crippen LogP contribution >= 0.6 is 0 Å². The number of esters is 1. The third kappa shape index (κ3) is 5.28. The molecule has 1 N–H and O–H groups in total. The van der Waals surface area contributed by atoms with Crippen LogP contribution in [0.3, 0.4) is 0 Å². The predicted molar refractivity (Wildman–Crippen MR) is 129 cm³/mol. The second kappa shape index (κ2) is 9.67. The van der Waals surface area contributed by atoms with Gasteiger partial charge in [0.15, 0.2) is 0 Å². The van der Waals surface area contributed by atoms with Crippen molar-refractivity contribution in [3.8, 4) is 11.1 Å². The molecule has 4 rings (SSSR count). The molecule has 0 saturated carbocycles. The second-order valence-electron chi connectivity index (χ2n) is 9.31. The molecule has 0 unspecified atom stereocenters. The van der Waals surface area contributed by atoms with Crippen molar-refractivity contribution < 1.29 is 23.5 Å². The highest BCUT2D eigenvalue weighted by molar-refractivity contribution is 5.86. The summed E-state index contributed by atoms with van der Waals surface area (Å²) in [4.78, 5) is 24.7. The predicted octanol–water partition coefficient (Wildman–Crippen LogP) is 6.46. The van der Waals surface area contributed by atoms with E-state index >= 15 is 0 Å². The summed E-state index contributed by atoms with van der Waals surface area (Å²) < 4.78 is 25.4. The summed E-state index contributed by atoms with van der Waals surface area (Å²) in [6, 6.07) is 20.6. The van der Waals surface area contributed by atoms with Crippen molar-refractivity contribution in [1.29, 1.82) is 0 Å². The van der Waals surface area contributed by atoms with Gasteiger partial charge in [-0.1, -0.05) is 60.7 Å². The monoisotopic (exact) mass is 461 g/mol. The molecular weight excluding hydrogens is 433 g/mol. The lowest BCUT2D eigenvalue weighted by atomic mass is 9.98. The Bertz CT molecular complexity index is 1170. The van der Waals surface area contributed by atoms with Crippen molar-refractivity contribution in [3.05, 3.63) is 89.2 Å². The summed E-state index contributed by atoms with van der Waals surface area (Å²) >= 11 is 0. The molecule has 0 bridgehead atoms. The molecule has 0 fully saturated rings. The van der Waals surface area contributed by atoms with Crippen LogP contribution in [0, 0.1) is 5.82 Å². The Hall–Kier alpha value is -3.67. The van der Waals surface area contributed by atoms with Crippen LogP contribution in [0.2, 0.25) is 0 Å². The summed E-state index contributed by atoms with van der Waals surface area (Å²) in [7, 11) is 0. The molecule has 1 amide bonds. The highest BCUT2D eigenvalue weighted by Gasteiger charge is 2.29. The summed E-state index contributed by atoms with van der Waals surface area (Å²) in [5, 5.41) is 2.53. The first-order chi connectivity index (χ1) is 16.2. The van der Waals surface area contributed by atoms with E-state index in [4.69, 9.17) is 9.47 Å². The lowest BCUT2D eigenvalue weighted by Crippen LogP contribution is -2.24. The van der Waals surface area contributed by atoms with Crippen LogP contribution < -0.4 is 5.32 Å². The minimum absolute atomic E-state index is 0.0169. The van der Waals surface area contributed by atoms with Crippen LogP contribution in [0.5, 0.6) is 0 Å². The van der Waals surface area contributed by atoms with Crippen molar-refractivity contribution in [2.45, 2.75) is 45.1 Å². The Balaban J connectivity index is 1.43. The number of amides is 1. The molecule has 0 heterocycles. The fourth-order valence-corrected chi connectivity index (χ4v) is 4.28. The average Bonchev–Trinajstić information content (AvgIpc) is 3.11. The Kier molecular flexibility index (Phi) is 6.68. The van der Waals surface area contributed by atoms with Gasteiger partial charge in [-0.2, -0.15) is 0 Å². The van der Waals surface area contributed by atoms with Crippen LogP contribution in [0.25, 0.3) is 11.1 Å². The molecule has 34 heavy (non-hydrogen) atoms. The van der Waals surface area contributed by atoms with E-state index in [1.54, 1.807) is 32.9 Å². The molecule has 0 radical (unpaired) electrons. The van der Waals surface area contributed by atoms with E-state index in [1.165, 1.54) is 6.07 Å². The van der Waals surface area contributed by atoms with Crippen LogP contribution in [-0.2, 0) is 20.7 Å². The van der Waals surface area contributed by atoms with Gasteiger partial charge in [0.05, 0.1) is 5.69 Å². The van der Waals surface area contributed by atoms with E-state index in [9.17, 15) is 14.0 Å². The molecule has 1 aliphatic carbocycles. The van der Waals surface area contributed by atoms with E-state index < -0.39 is 17.5 Å². The molecule has 6 heteroatoms. The van der Waals surface area contributed by atoms with E-state index in [1.807, 2.05) is 36.4 Å². The smallest absolute Gasteiger partial charge is 0.411 e. The van der Waals surface area contributed by atoms with E-state index in [2.05, 4.69) is 17.4 Å². The highest BCUT2D eigenvalue weighted by Crippen LogP contribution is 2.44. The Morgan fingerprint density at radius 2 is 1.53 bits per heavy atom. The number of ether oxygens (including phenoxy) is 2. The molecule has 5 nitrogen and oxygen atoms in total. The SMILES string of the molecule is CC(C)(C)OC(=O)CCc1cccc(F)c1NC(=O)OCC1c2ccccc2-c2ccccc21. The van der Waals surface area contributed by atoms with Crippen LogP contribution in [0.4, 0.5) is 14.9 Å². The van der Waals surface area contributed by atoms with Crippen molar-refractivity contribution in [2.24, 2.45) is 0 Å². The molecule has 0 saturated heterocycles. The van der Waals surface area contributed by atoms with E-state index in [-0.39, 0.29) is 37.0 Å². The first-order valence-electron chi connectivity index (χ1n) is 11.3. The lowest BCUT2D eigenvalue weighted by Gasteiger charge is -2.20. The second-order valence-corrected chi connectivity index (χ2v) is 9.31. The van der Waals surface area contributed by atoms with Gasteiger partial charge in [-0.3, -0.25) is 10.1 Å². The fourth-order valence-electron chi connectivity index (χ4n) is 4.28. The number of anilines is 1. The van der Waals surface area contributed by atoms with Gasteiger partial charge < -0.3 is 9.47 Å². The van der Waals surface area contributed by atoms with Crippen molar-refractivity contribution >= 4 is 17.7 Å². The number of benzene rings is 3. The number of hydrogen-bond donors (Lipinski definition) is 1. The number of nitrogens with one attached hydrogen (secondary N) is 1. The number of aryl methyl sites for hydroxylation is 1. The Labute approximate surface area is 198 Å². The van der Waals surface area contributed by atoms with Gasteiger partial charge in [-0.15, -0.1) is 0 Å². The summed E-state index contributed by atoms with van der Waals surface area (Å²) in [5.41, 5.74) is 4.38. The maximum atomic E-state index is 14.6. The lowest BCUT2D eigenvalue weighted by molar-refractivity contribution is -0.154. The standard InChI is InChI=1S/C28H28FNO4/c1-28(2,3)34-25(31)16-15-18-9-8-14-24(29)26(18)30-27(32)33-17-23-21-12-6-4-10-19(21)20-11-5-7-13-22(20)23/h4-14,23H,15-17H2,1-3H3,(H,30,32). The maximum absolute atomic E-state index is 14.6. The number of hydrogen-bond acceptors (Lipinski definition) is 4. The molecule has 0 aliphatic heterocycles. The van der Waals surface area contributed by atoms with Gasteiger partial charge in [-0.25, -0.2) is 9.18 Å². The summed E-state index contributed by atoms with van der Waals surface area (Å²) in [5.74, 6) is -1.07. The van der Waals surface area contributed by atoms with Crippen molar-refractivity contribution in [3.63, 3.8) is 0 Å². The summed E-state index contributed by atoms with van der Waals surface area (Å²) in [6.45, 7) is 5.49. The zero-order chi connectivity index (χ0) is 24.3. The molecule has 0 atom stereocenters. The first-order valence-corrected chi connectivity index (χ1v) is 11.3. The number of carbonyl (C=O) groups excluding carboxylic acids is 2. The zero-order valence-electron chi connectivity index (χ0n) is 19.6. The van der Waals surface area contributed by atoms with E-state index in [0.29, 0.717) is 5.56 Å². The topological polar surface area (TPSA) is 64.6 Å². The first kappa shape index (κ1) is 23.5. The molecule has 1 aliphatic rings. The van der Waals surface area contributed by atoms with Gasteiger partial charge >= 0.3 is 12.1 Å². The average molecular weight is 462 g/mol. The minimum atomic E-state index is -0.745. The number of rotatable bonds is 6. The van der Waals surface area contributed by atoms with Crippen molar-refractivity contribution in [1.82, 2.24) is 0 Å². The minimum Gasteiger partial charge on any atom is -0.460 e. The molecule has 0 spiro atoms. The largest absolute Gasteiger partial charge is 0.460 e. The number of para-hydroxylation sites is 1. The molecular formula is C28H28FNO4. The third-order valence-corrected chi connectivity index (χ3v) is 5.69.